The number of aliphatic hydroxyl groups excluding tert-OH is 2. The number of nitrogen functional groups attached to an aromatic ring is 1. The molecule has 4 unspecified atom stereocenters. The van der Waals surface area contributed by atoms with Crippen LogP contribution in [-0.2, 0) is 27.2 Å². The van der Waals surface area contributed by atoms with E-state index in [-0.39, 0.29) is 19.0 Å². The molecular formula is C14H26N4O11P2. The fraction of sp³-hybridized carbons (Fsp3) is 0.714. The Labute approximate surface area is 177 Å². The molecule has 31 heavy (non-hydrogen) atoms. The van der Waals surface area contributed by atoms with Gasteiger partial charge in [-0.05, 0) is 6.07 Å². The molecule has 0 spiro atoms. The van der Waals surface area contributed by atoms with Gasteiger partial charge in [-0.1, -0.05) is 0 Å². The van der Waals surface area contributed by atoms with Crippen molar-refractivity contribution in [3.63, 3.8) is 0 Å². The fourth-order valence-corrected chi connectivity index (χ4v) is 4.51. The molecule has 1 aliphatic heterocycles. The van der Waals surface area contributed by atoms with Crippen LogP contribution in [0.2, 0.25) is 0 Å². The van der Waals surface area contributed by atoms with E-state index in [1.165, 1.54) is 12.3 Å². The van der Waals surface area contributed by atoms with Crippen LogP contribution in [0.3, 0.4) is 0 Å². The number of aliphatic hydroxyl groups is 2. The zero-order valence-electron chi connectivity index (χ0n) is 17.0. The molecule has 5 N–H and O–H groups in total. The largest absolute Gasteiger partial charge is 0.756 e. The summed E-state index contributed by atoms with van der Waals surface area (Å²) in [5.74, 6) is -0.0711. The van der Waals surface area contributed by atoms with E-state index >= 15 is 0 Å². The van der Waals surface area contributed by atoms with E-state index in [9.17, 15) is 33.9 Å². The molecule has 1 saturated heterocycles. The summed E-state index contributed by atoms with van der Waals surface area (Å²) in [6.45, 7) is -0.877. The number of hydrogen-bond acceptors (Lipinski definition) is 12. The van der Waals surface area contributed by atoms with Crippen molar-refractivity contribution >= 4 is 21.5 Å². The van der Waals surface area contributed by atoms with Crippen LogP contribution in [0.5, 0.6) is 0 Å². The average Bonchev–Trinajstić information content (AvgIpc) is 2.86. The average molecular weight is 488 g/mol. The first-order valence-electron chi connectivity index (χ1n) is 8.91. The first-order valence-corrected chi connectivity index (χ1v) is 11.9. The van der Waals surface area contributed by atoms with Gasteiger partial charge < -0.3 is 39.5 Å². The van der Waals surface area contributed by atoms with Crippen molar-refractivity contribution in [2.75, 3.05) is 46.6 Å². The Hall–Kier alpha value is -1.22. The Morgan fingerprint density at radius 2 is 1.94 bits per heavy atom. The number of phosphoric ester groups is 2. The molecule has 0 aliphatic carbocycles. The van der Waals surface area contributed by atoms with Gasteiger partial charge in [-0.3, -0.25) is 13.7 Å². The molecule has 17 heteroatoms. The number of nitrogens with zero attached hydrogens (tertiary/aromatic N) is 3. The number of hydrogen-bond donors (Lipinski definition) is 4. The molecule has 0 aromatic carbocycles. The van der Waals surface area contributed by atoms with Crippen molar-refractivity contribution < 1.29 is 51.7 Å². The molecule has 0 saturated carbocycles. The number of likely N-dealkylation sites (N-methyl/N-ethyl adjacent to an activating group) is 1. The smallest absolute Gasteiger partial charge is 0.478 e. The van der Waals surface area contributed by atoms with Gasteiger partial charge in [-0.2, -0.15) is 4.98 Å². The van der Waals surface area contributed by atoms with Crippen molar-refractivity contribution in [2.45, 2.75) is 24.5 Å². The van der Waals surface area contributed by atoms with Crippen LogP contribution >= 0.6 is 15.6 Å². The summed E-state index contributed by atoms with van der Waals surface area (Å²) in [6, 6.07) is 1.26. The molecule has 178 valence electrons. The van der Waals surface area contributed by atoms with Crippen LogP contribution in [0.4, 0.5) is 5.82 Å². The lowest BCUT2D eigenvalue weighted by Gasteiger charge is -2.28. The molecular weight excluding hydrogens is 462 g/mol. The van der Waals surface area contributed by atoms with Gasteiger partial charge in [0.15, 0.2) is 6.23 Å². The minimum absolute atomic E-state index is 0.0711. The highest BCUT2D eigenvalue weighted by atomic mass is 31.3. The van der Waals surface area contributed by atoms with Crippen molar-refractivity contribution in [3.8, 4) is 0 Å². The predicted molar refractivity (Wildman–Crippen MR) is 102 cm³/mol. The van der Waals surface area contributed by atoms with Crippen LogP contribution in [0.15, 0.2) is 17.1 Å². The number of phosphoric acid groups is 2. The highest BCUT2D eigenvalue weighted by Crippen LogP contribution is 2.58. The minimum Gasteiger partial charge on any atom is -0.756 e. The Morgan fingerprint density at radius 1 is 1.29 bits per heavy atom. The molecule has 1 aromatic rings. The molecule has 0 radical (unpaired) electrons. The first-order chi connectivity index (χ1) is 14.1. The van der Waals surface area contributed by atoms with Crippen LogP contribution in [0.1, 0.15) is 6.23 Å². The number of anilines is 1. The fourth-order valence-electron chi connectivity index (χ4n) is 2.48. The molecule has 2 heterocycles. The van der Waals surface area contributed by atoms with Gasteiger partial charge in [0.25, 0.3) is 7.82 Å². The molecule has 1 aliphatic rings. The van der Waals surface area contributed by atoms with Gasteiger partial charge in [0, 0.05) is 6.20 Å². The third-order valence-electron chi connectivity index (χ3n) is 4.08. The third-order valence-corrected chi connectivity index (χ3v) is 6.68. The molecule has 0 bridgehead atoms. The van der Waals surface area contributed by atoms with Crippen molar-refractivity contribution in [3.05, 3.63) is 22.7 Å². The van der Waals surface area contributed by atoms with Crippen LogP contribution < -0.4 is 16.3 Å². The summed E-state index contributed by atoms with van der Waals surface area (Å²) in [6.07, 6.45) is -4.89. The second-order valence-electron chi connectivity index (χ2n) is 7.73. The van der Waals surface area contributed by atoms with Crippen molar-refractivity contribution in [1.82, 2.24) is 9.55 Å². The maximum absolute atomic E-state index is 12.0. The van der Waals surface area contributed by atoms with E-state index in [0.29, 0.717) is 4.48 Å². The highest BCUT2D eigenvalue weighted by molar-refractivity contribution is 7.60. The SMILES string of the molecule is C[N+](C)(C)CCOP(=O)([O-])OP(=O)(O)OC[C@@H]1O[C@H](n2ccc(N)nc2=O)C(O)C1O. The van der Waals surface area contributed by atoms with Gasteiger partial charge >= 0.3 is 13.5 Å². The van der Waals surface area contributed by atoms with E-state index in [2.05, 4.69) is 18.3 Å². The Bertz CT molecular complexity index is 920. The Kier molecular flexibility index (Phi) is 8.17. The van der Waals surface area contributed by atoms with E-state index < -0.39 is 52.5 Å². The lowest BCUT2D eigenvalue weighted by atomic mass is 10.1. The van der Waals surface area contributed by atoms with E-state index in [4.69, 9.17) is 10.5 Å². The maximum Gasteiger partial charge on any atom is 0.478 e. The maximum atomic E-state index is 12.0. The summed E-state index contributed by atoms with van der Waals surface area (Å²) < 4.78 is 43.4. The molecule has 1 aromatic heterocycles. The lowest BCUT2D eigenvalue weighted by Crippen LogP contribution is -2.37. The van der Waals surface area contributed by atoms with Crippen LogP contribution in [0, 0.1) is 0 Å². The Balaban J connectivity index is 1.96. The van der Waals surface area contributed by atoms with E-state index in [0.717, 1.165) is 4.57 Å². The minimum atomic E-state index is -5.18. The molecule has 1 fully saturated rings. The Morgan fingerprint density at radius 3 is 2.52 bits per heavy atom. The van der Waals surface area contributed by atoms with Crippen LogP contribution in [-0.4, -0.2) is 88.4 Å². The second-order valence-corrected chi connectivity index (χ2v) is 10.7. The van der Waals surface area contributed by atoms with Gasteiger partial charge in [0.2, 0.25) is 0 Å². The molecule has 6 atom stereocenters. The van der Waals surface area contributed by atoms with Gasteiger partial charge in [-0.15, -0.1) is 0 Å². The number of nitrogens with two attached hydrogens (primary N) is 1. The summed E-state index contributed by atoms with van der Waals surface area (Å²) in [5, 5.41) is 20.2. The summed E-state index contributed by atoms with van der Waals surface area (Å²) in [7, 11) is -5.01. The third kappa shape index (κ3) is 7.70. The number of quaternary nitrogens is 1. The first kappa shape index (κ1) is 26.0. The highest BCUT2D eigenvalue weighted by Gasteiger charge is 2.45. The van der Waals surface area contributed by atoms with Gasteiger partial charge in [0.05, 0.1) is 27.7 Å². The summed E-state index contributed by atoms with van der Waals surface area (Å²) in [4.78, 5) is 36.7. The quantitative estimate of drug-likeness (QED) is 0.203. The monoisotopic (exact) mass is 488 g/mol. The lowest BCUT2D eigenvalue weighted by molar-refractivity contribution is -0.870. The normalized spacial score (nSPS) is 28.2. The summed E-state index contributed by atoms with van der Waals surface area (Å²) >= 11 is 0. The van der Waals surface area contributed by atoms with Crippen LogP contribution in [0.25, 0.3) is 0 Å². The van der Waals surface area contributed by atoms with Crippen molar-refractivity contribution in [1.29, 1.82) is 0 Å². The standard InChI is InChI=1S/C14H26N4O11P2/c1-18(2,3)6-7-26-30(22,23)29-31(24,25)27-8-9-11(19)12(20)13(28-9)17-5-4-10(15)16-14(17)21/h4-5,9,11-13,19-20H,6-8H2,1-3H3,(H3-,15,16,21,22,23,24,25)/t9-,11?,12?,13-/m0/s1. The van der Waals surface area contributed by atoms with E-state index in [1.807, 2.05) is 0 Å². The van der Waals surface area contributed by atoms with Crippen molar-refractivity contribution in [2.24, 2.45) is 0 Å². The van der Waals surface area contributed by atoms with Gasteiger partial charge in [-0.25, -0.2) is 13.7 Å². The van der Waals surface area contributed by atoms with E-state index in [1.54, 1.807) is 21.1 Å². The molecule has 2 rings (SSSR count). The molecule has 15 nitrogen and oxygen atoms in total. The molecule has 0 amide bonds. The predicted octanol–water partition coefficient (Wildman–Crippen LogP) is -2.23. The topological polar surface area (TPSA) is 216 Å². The van der Waals surface area contributed by atoms with Gasteiger partial charge in [0.1, 0.15) is 37.3 Å². The zero-order chi connectivity index (χ0) is 23.6. The number of ether oxygens (including phenoxy) is 1. The number of rotatable bonds is 10. The zero-order valence-corrected chi connectivity index (χ0v) is 18.8. The summed E-state index contributed by atoms with van der Waals surface area (Å²) in [5.41, 5.74) is 4.52. The second kappa shape index (κ2) is 9.73. The number of aromatic nitrogens is 2.